The molecule has 1 unspecified atom stereocenters. The summed E-state index contributed by atoms with van der Waals surface area (Å²) in [6.45, 7) is 5.69. The van der Waals surface area contributed by atoms with Gasteiger partial charge in [0.05, 0.1) is 6.42 Å². The highest BCUT2D eigenvalue weighted by Gasteiger charge is 2.27. The molecule has 0 aliphatic carbocycles. The van der Waals surface area contributed by atoms with Gasteiger partial charge in [-0.1, -0.05) is 53.0 Å². The van der Waals surface area contributed by atoms with Crippen LogP contribution in [0.4, 0.5) is 0 Å². The summed E-state index contributed by atoms with van der Waals surface area (Å²) in [5.41, 5.74) is 1.37. The molecule has 0 bridgehead atoms. The molecule has 0 spiro atoms. The smallest absolute Gasteiger partial charge is 0.242 e. The predicted molar refractivity (Wildman–Crippen MR) is 115 cm³/mol. The first kappa shape index (κ1) is 22.5. The number of carbonyl (C=O) groups excluding carboxylic acids is 2. The van der Waals surface area contributed by atoms with Gasteiger partial charge in [0.25, 0.3) is 0 Å². The molecule has 0 heterocycles. The molecule has 0 saturated carbocycles. The molecule has 2 aromatic rings. The van der Waals surface area contributed by atoms with E-state index in [1.165, 1.54) is 4.90 Å². The lowest BCUT2D eigenvalue weighted by Crippen LogP contribution is -2.49. The summed E-state index contributed by atoms with van der Waals surface area (Å²) in [5.74, 6) is -0.475. The number of carbonyl (C=O) groups is 2. The van der Waals surface area contributed by atoms with Gasteiger partial charge in [0.15, 0.2) is 0 Å². The molecule has 0 aromatic heterocycles. The van der Waals surface area contributed by atoms with Crippen LogP contribution in [-0.4, -0.2) is 28.8 Å². The Morgan fingerprint density at radius 1 is 1.00 bits per heavy atom. The predicted octanol–water partition coefficient (Wildman–Crippen LogP) is 5.13. The molecule has 2 aromatic carbocycles. The molecule has 7 heteroatoms. The van der Waals surface area contributed by atoms with E-state index in [4.69, 9.17) is 34.8 Å². The van der Waals surface area contributed by atoms with Crippen molar-refractivity contribution in [2.24, 2.45) is 0 Å². The highest BCUT2D eigenvalue weighted by Crippen LogP contribution is 2.26. The third kappa shape index (κ3) is 6.13. The Balaban J connectivity index is 2.30. The van der Waals surface area contributed by atoms with Crippen molar-refractivity contribution < 1.29 is 9.59 Å². The first-order valence-electron chi connectivity index (χ1n) is 8.96. The van der Waals surface area contributed by atoms with Crippen LogP contribution in [0.3, 0.4) is 0 Å². The lowest BCUT2D eigenvalue weighted by Gasteiger charge is -2.29. The van der Waals surface area contributed by atoms with Crippen LogP contribution < -0.4 is 5.32 Å². The van der Waals surface area contributed by atoms with Gasteiger partial charge in [-0.05, 0) is 56.2 Å². The molecule has 1 atom stereocenters. The minimum absolute atomic E-state index is 0.00162. The fraction of sp³-hybridized carbons (Fsp3) is 0.333. The molecular formula is C21H23Cl3N2O2. The second-order valence-electron chi connectivity index (χ2n) is 6.87. The molecular weight excluding hydrogens is 419 g/mol. The SMILES string of the molecule is CC(C)NC(=O)C(C)N(Cc1cccc(Cl)c1)C(=O)Cc1c(Cl)cccc1Cl. The molecule has 0 saturated heterocycles. The summed E-state index contributed by atoms with van der Waals surface area (Å²) in [4.78, 5) is 27.2. The Morgan fingerprint density at radius 2 is 1.61 bits per heavy atom. The van der Waals surface area contributed by atoms with Gasteiger partial charge in [0, 0.05) is 27.7 Å². The van der Waals surface area contributed by atoms with Gasteiger partial charge in [-0.2, -0.15) is 0 Å². The number of nitrogens with zero attached hydrogens (tertiary/aromatic N) is 1. The van der Waals surface area contributed by atoms with Crippen LogP contribution in [0, 0.1) is 0 Å². The number of hydrogen-bond acceptors (Lipinski definition) is 2. The maximum absolute atomic E-state index is 13.1. The summed E-state index contributed by atoms with van der Waals surface area (Å²) in [7, 11) is 0. The molecule has 150 valence electrons. The van der Waals surface area contributed by atoms with Gasteiger partial charge < -0.3 is 10.2 Å². The van der Waals surface area contributed by atoms with Gasteiger partial charge in [-0.15, -0.1) is 0 Å². The summed E-state index contributed by atoms with van der Waals surface area (Å²) in [5, 5.41) is 4.26. The summed E-state index contributed by atoms with van der Waals surface area (Å²) in [6.07, 6.45) is -0.00162. The molecule has 4 nitrogen and oxygen atoms in total. The molecule has 2 rings (SSSR count). The number of rotatable bonds is 7. The maximum atomic E-state index is 13.1. The van der Waals surface area contributed by atoms with E-state index >= 15 is 0 Å². The number of amides is 2. The first-order valence-corrected chi connectivity index (χ1v) is 10.1. The highest BCUT2D eigenvalue weighted by molar-refractivity contribution is 6.36. The molecule has 0 fully saturated rings. The van der Waals surface area contributed by atoms with Crippen molar-refractivity contribution >= 4 is 46.6 Å². The third-order valence-electron chi connectivity index (χ3n) is 4.23. The van der Waals surface area contributed by atoms with Gasteiger partial charge in [-0.25, -0.2) is 0 Å². The van der Waals surface area contributed by atoms with Crippen molar-refractivity contribution in [2.75, 3.05) is 0 Å². The van der Waals surface area contributed by atoms with Crippen molar-refractivity contribution in [3.8, 4) is 0 Å². The van der Waals surface area contributed by atoms with E-state index in [9.17, 15) is 9.59 Å². The monoisotopic (exact) mass is 440 g/mol. The van der Waals surface area contributed by atoms with Crippen LogP contribution in [0.25, 0.3) is 0 Å². The van der Waals surface area contributed by atoms with Crippen LogP contribution in [0.5, 0.6) is 0 Å². The molecule has 28 heavy (non-hydrogen) atoms. The highest BCUT2D eigenvalue weighted by atomic mass is 35.5. The summed E-state index contributed by atoms with van der Waals surface area (Å²) < 4.78 is 0. The van der Waals surface area contributed by atoms with Gasteiger partial charge in [0.1, 0.15) is 6.04 Å². The Kier molecular flexibility index (Phi) is 8.17. The Morgan fingerprint density at radius 3 is 2.18 bits per heavy atom. The number of nitrogens with one attached hydrogen (secondary N) is 1. The zero-order valence-electron chi connectivity index (χ0n) is 16.0. The van der Waals surface area contributed by atoms with E-state index < -0.39 is 6.04 Å². The van der Waals surface area contributed by atoms with Crippen molar-refractivity contribution in [3.63, 3.8) is 0 Å². The normalized spacial score (nSPS) is 12.0. The third-order valence-corrected chi connectivity index (χ3v) is 5.17. The average molecular weight is 442 g/mol. The first-order chi connectivity index (χ1) is 13.2. The van der Waals surface area contributed by atoms with Crippen molar-refractivity contribution in [2.45, 2.75) is 45.8 Å². The quantitative estimate of drug-likeness (QED) is 0.647. The maximum Gasteiger partial charge on any atom is 0.242 e. The van der Waals surface area contributed by atoms with Crippen LogP contribution in [0.15, 0.2) is 42.5 Å². The van der Waals surface area contributed by atoms with Gasteiger partial charge in [-0.3, -0.25) is 9.59 Å². The summed E-state index contributed by atoms with van der Waals surface area (Å²) in [6, 6.07) is 11.6. The lowest BCUT2D eigenvalue weighted by molar-refractivity contribution is -0.140. The Labute approximate surface area is 180 Å². The molecule has 0 aliphatic rings. The van der Waals surface area contributed by atoms with Crippen molar-refractivity contribution in [3.05, 3.63) is 68.7 Å². The van der Waals surface area contributed by atoms with Crippen LogP contribution in [-0.2, 0) is 22.6 Å². The van der Waals surface area contributed by atoms with Crippen LogP contribution >= 0.6 is 34.8 Å². The Bertz CT molecular complexity index is 835. The fourth-order valence-corrected chi connectivity index (χ4v) is 3.52. The molecule has 0 aliphatic heterocycles. The van der Waals surface area contributed by atoms with Crippen LogP contribution in [0.2, 0.25) is 15.1 Å². The van der Waals surface area contributed by atoms with E-state index in [0.717, 1.165) is 5.56 Å². The molecule has 0 radical (unpaired) electrons. The topological polar surface area (TPSA) is 49.4 Å². The lowest BCUT2D eigenvalue weighted by atomic mass is 10.1. The Hall–Kier alpha value is -1.75. The molecule has 1 N–H and O–H groups in total. The van der Waals surface area contributed by atoms with E-state index in [0.29, 0.717) is 20.6 Å². The fourth-order valence-electron chi connectivity index (χ4n) is 2.77. The van der Waals surface area contributed by atoms with E-state index in [2.05, 4.69) is 5.32 Å². The largest absolute Gasteiger partial charge is 0.352 e. The number of benzene rings is 2. The van der Waals surface area contributed by atoms with Crippen LogP contribution in [0.1, 0.15) is 31.9 Å². The zero-order chi connectivity index (χ0) is 20.8. The van der Waals surface area contributed by atoms with Gasteiger partial charge in [0.2, 0.25) is 11.8 Å². The van der Waals surface area contributed by atoms with Gasteiger partial charge >= 0.3 is 0 Å². The van der Waals surface area contributed by atoms with E-state index in [1.54, 1.807) is 37.3 Å². The number of halogens is 3. The minimum atomic E-state index is -0.671. The van der Waals surface area contributed by atoms with E-state index in [-0.39, 0.29) is 30.8 Å². The second kappa shape index (κ2) is 10.1. The van der Waals surface area contributed by atoms with Crippen molar-refractivity contribution in [1.29, 1.82) is 0 Å². The zero-order valence-corrected chi connectivity index (χ0v) is 18.3. The minimum Gasteiger partial charge on any atom is -0.352 e. The molecule has 2 amide bonds. The average Bonchev–Trinajstić information content (AvgIpc) is 2.61. The standard InChI is InChI=1S/C21H23Cl3N2O2/c1-13(2)25-21(28)14(3)26(12-15-6-4-7-16(22)10-15)20(27)11-17-18(23)8-5-9-19(17)24/h4-10,13-14H,11-12H2,1-3H3,(H,25,28). The number of hydrogen-bond donors (Lipinski definition) is 1. The second-order valence-corrected chi connectivity index (χ2v) is 8.12. The summed E-state index contributed by atoms with van der Waals surface area (Å²) >= 11 is 18.5. The van der Waals surface area contributed by atoms with E-state index in [1.807, 2.05) is 26.0 Å². The van der Waals surface area contributed by atoms with Crippen molar-refractivity contribution in [1.82, 2.24) is 10.2 Å².